The molecule has 0 fully saturated rings. The minimum Gasteiger partial charge on any atom is -0.467 e. The lowest BCUT2D eigenvalue weighted by atomic mass is 10.0. The number of nitrogens with zero attached hydrogens (tertiary/aromatic N) is 2. The van der Waals surface area contributed by atoms with Crippen molar-refractivity contribution in [2.45, 2.75) is 44.8 Å². The van der Waals surface area contributed by atoms with Crippen LogP contribution in [0.25, 0.3) is 0 Å². The molecule has 0 aliphatic heterocycles. The molecule has 0 aliphatic rings. The van der Waals surface area contributed by atoms with Gasteiger partial charge in [0.1, 0.15) is 6.04 Å². The van der Waals surface area contributed by atoms with Crippen molar-refractivity contribution in [2.75, 3.05) is 12.9 Å². The topological polar surface area (TPSA) is 81.2 Å². The Labute approximate surface area is 145 Å². The third-order valence-corrected chi connectivity index (χ3v) is 4.21. The molecule has 1 heterocycles. The van der Waals surface area contributed by atoms with Crippen LogP contribution in [0.15, 0.2) is 11.4 Å². The maximum absolute atomic E-state index is 12.4. The van der Waals surface area contributed by atoms with Crippen LogP contribution in [0.2, 0.25) is 5.02 Å². The fraction of sp³-hybridized carbons (Fsp3) is 0.600. The van der Waals surface area contributed by atoms with E-state index in [1.54, 1.807) is 0 Å². The van der Waals surface area contributed by atoms with Crippen molar-refractivity contribution in [1.82, 2.24) is 15.3 Å². The highest BCUT2D eigenvalue weighted by atomic mass is 35.5. The summed E-state index contributed by atoms with van der Waals surface area (Å²) in [6.45, 7) is 5.96. The van der Waals surface area contributed by atoms with Gasteiger partial charge in [0.25, 0.3) is 5.91 Å². The van der Waals surface area contributed by atoms with Gasteiger partial charge in [0.15, 0.2) is 10.9 Å². The second kappa shape index (κ2) is 9.72. The van der Waals surface area contributed by atoms with Gasteiger partial charge in [-0.2, -0.15) is 0 Å². The number of carbonyl (C=O) groups is 2. The summed E-state index contributed by atoms with van der Waals surface area (Å²) in [6.07, 6.45) is 2.84. The quantitative estimate of drug-likeness (QED) is 0.436. The fourth-order valence-electron chi connectivity index (χ4n) is 1.83. The van der Waals surface area contributed by atoms with E-state index in [1.165, 1.54) is 25.1 Å². The molecule has 0 radical (unpaired) electrons. The molecule has 0 spiro atoms. The average molecular weight is 360 g/mol. The Bertz CT molecular complexity index is 555. The number of halogens is 1. The number of rotatable bonds is 8. The second-order valence-corrected chi connectivity index (χ2v) is 6.85. The normalized spacial score (nSPS) is 12.1. The highest BCUT2D eigenvalue weighted by Gasteiger charge is 2.25. The van der Waals surface area contributed by atoms with Crippen LogP contribution in [0.5, 0.6) is 0 Å². The number of aromatic nitrogens is 2. The molecule has 6 nitrogen and oxygen atoms in total. The lowest BCUT2D eigenvalue weighted by Crippen LogP contribution is -2.42. The number of methoxy groups -OCH3 is 1. The summed E-state index contributed by atoms with van der Waals surface area (Å²) in [5, 5.41) is 3.28. The molecule has 8 heteroatoms. The zero-order chi connectivity index (χ0) is 17.4. The van der Waals surface area contributed by atoms with Crippen LogP contribution in [-0.2, 0) is 9.53 Å². The summed E-state index contributed by atoms with van der Waals surface area (Å²) in [5.41, 5.74) is 0.0675. The van der Waals surface area contributed by atoms with Crippen LogP contribution in [0.3, 0.4) is 0 Å². The predicted molar refractivity (Wildman–Crippen MR) is 90.8 cm³/mol. The highest BCUT2D eigenvalue weighted by Crippen LogP contribution is 2.19. The van der Waals surface area contributed by atoms with Crippen molar-refractivity contribution in [1.29, 1.82) is 0 Å². The maximum atomic E-state index is 12.4. The average Bonchev–Trinajstić information content (AvgIpc) is 2.52. The molecule has 23 heavy (non-hydrogen) atoms. The molecule has 0 unspecified atom stereocenters. The van der Waals surface area contributed by atoms with E-state index in [9.17, 15) is 9.59 Å². The summed E-state index contributed by atoms with van der Waals surface area (Å²) in [5.74, 6) is 0.0708. The summed E-state index contributed by atoms with van der Waals surface area (Å²) >= 11 is 7.47. The van der Waals surface area contributed by atoms with Gasteiger partial charge in [-0.25, -0.2) is 14.8 Å². The van der Waals surface area contributed by atoms with Crippen molar-refractivity contribution in [3.05, 3.63) is 16.9 Å². The molecule has 1 aromatic heterocycles. The second-order valence-electron chi connectivity index (χ2n) is 5.38. The Kier molecular flexibility index (Phi) is 8.33. The standard InChI is InChI=1S/C15H22ClN3O3S/c1-5-6-23-15-17-8-10(16)12(19-15)13(20)18-11(7-9(2)3)14(21)22-4/h8-9,11H,5-7H2,1-4H3,(H,18,20)/t11-/m1/s1. The molecule has 1 aromatic rings. The molecule has 1 N–H and O–H groups in total. The first-order valence-corrected chi connectivity index (χ1v) is 8.79. The van der Waals surface area contributed by atoms with Crippen molar-refractivity contribution >= 4 is 35.2 Å². The smallest absolute Gasteiger partial charge is 0.328 e. The third kappa shape index (κ3) is 6.35. The third-order valence-electron chi connectivity index (χ3n) is 2.87. The van der Waals surface area contributed by atoms with E-state index in [0.29, 0.717) is 11.6 Å². The van der Waals surface area contributed by atoms with E-state index in [1.807, 2.05) is 20.8 Å². The number of ether oxygens (including phenoxy) is 1. The van der Waals surface area contributed by atoms with Gasteiger partial charge in [-0.15, -0.1) is 0 Å². The molecule has 1 atom stereocenters. The number of thioether (sulfide) groups is 1. The van der Waals surface area contributed by atoms with Crippen LogP contribution in [0.4, 0.5) is 0 Å². The molecule has 0 bridgehead atoms. The summed E-state index contributed by atoms with van der Waals surface area (Å²) in [4.78, 5) is 32.5. The van der Waals surface area contributed by atoms with Gasteiger partial charge < -0.3 is 10.1 Å². The first-order valence-electron chi connectivity index (χ1n) is 7.43. The Hall–Kier alpha value is -1.34. The van der Waals surface area contributed by atoms with Crippen LogP contribution >= 0.6 is 23.4 Å². The molecular weight excluding hydrogens is 338 g/mol. The van der Waals surface area contributed by atoms with Crippen molar-refractivity contribution in [2.24, 2.45) is 5.92 Å². The van der Waals surface area contributed by atoms with Crippen LogP contribution in [0.1, 0.15) is 44.1 Å². The molecule has 0 aromatic carbocycles. The van der Waals surface area contributed by atoms with Crippen molar-refractivity contribution in [3.8, 4) is 0 Å². The molecule has 0 saturated carbocycles. The van der Waals surface area contributed by atoms with Crippen molar-refractivity contribution < 1.29 is 14.3 Å². The lowest BCUT2D eigenvalue weighted by molar-refractivity contribution is -0.143. The monoisotopic (exact) mass is 359 g/mol. The molecular formula is C15H22ClN3O3S. The van der Waals surface area contributed by atoms with Gasteiger partial charge >= 0.3 is 5.97 Å². The van der Waals surface area contributed by atoms with Gasteiger partial charge in [-0.1, -0.05) is 44.1 Å². The Morgan fingerprint density at radius 2 is 2.13 bits per heavy atom. The van der Waals surface area contributed by atoms with E-state index in [4.69, 9.17) is 16.3 Å². The Morgan fingerprint density at radius 3 is 2.70 bits per heavy atom. The van der Waals surface area contributed by atoms with Gasteiger partial charge in [-0.05, 0) is 18.8 Å². The predicted octanol–water partition coefficient (Wildman–Crippen LogP) is 2.95. The van der Waals surface area contributed by atoms with E-state index >= 15 is 0 Å². The number of hydrogen-bond acceptors (Lipinski definition) is 6. The number of hydrogen-bond donors (Lipinski definition) is 1. The zero-order valence-electron chi connectivity index (χ0n) is 13.8. The summed E-state index contributed by atoms with van der Waals surface area (Å²) in [7, 11) is 1.29. The number of nitrogens with one attached hydrogen (secondary N) is 1. The van der Waals surface area contributed by atoms with Crippen LogP contribution in [-0.4, -0.2) is 40.7 Å². The minimum absolute atomic E-state index is 0.0675. The number of carbonyl (C=O) groups excluding carboxylic acids is 2. The SMILES string of the molecule is CCCSc1ncc(Cl)c(C(=O)N[C@H](CC(C)C)C(=O)OC)n1. The van der Waals surface area contributed by atoms with E-state index in [-0.39, 0.29) is 16.6 Å². The maximum Gasteiger partial charge on any atom is 0.328 e. The zero-order valence-corrected chi connectivity index (χ0v) is 15.3. The first-order chi connectivity index (χ1) is 10.9. The minimum atomic E-state index is -0.731. The number of esters is 1. The largest absolute Gasteiger partial charge is 0.467 e. The molecule has 0 aliphatic carbocycles. The number of amides is 1. The van der Waals surface area contributed by atoms with Crippen LogP contribution < -0.4 is 5.32 Å². The van der Waals surface area contributed by atoms with E-state index in [0.717, 1.165) is 12.2 Å². The van der Waals surface area contributed by atoms with Gasteiger partial charge in [0.2, 0.25) is 0 Å². The van der Waals surface area contributed by atoms with Gasteiger partial charge in [0.05, 0.1) is 18.3 Å². The molecule has 128 valence electrons. The summed E-state index contributed by atoms with van der Waals surface area (Å²) in [6, 6.07) is -0.731. The highest BCUT2D eigenvalue weighted by molar-refractivity contribution is 7.99. The van der Waals surface area contributed by atoms with E-state index < -0.39 is 17.9 Å². The fourth-order valence-corrected chi connectivity index (χ4v) is 2.67. The molecule has 1 amide bonds. The summed E-state index contributed by atoms with van der Waals surface area (Å²) < 4.78 is 4.73. The Balaban J connectivity index is 2.91. The Morgan fingerprint density at radius 1 is 1.43 bits per heavy atom. The molecule has 0 saturated heterocycles. The lowest BCUT2D eigenvalue weighted by Gasteiger charge is -2.18. The van der Waals surface area contributed by atoms with Crippen LogP contribution in [0, 0.1) is 5.92 Å². The molecule has 1 rings (SSSR count). The van der Waals surface area contributed by atoms with E-state index in [2.05, 4.69) is 15.3 Å². The van der Waals surface area contributed by atoms with Crippen molar-refractivity contribution in [3.63, 3.8) is 0 Å². The van der Waals surface area contributed by atoms with Gasteiger partial charge in [0, 0.05) is 5.75 Å². The first kappa shape index (κ1) is 19.7. The van der Waals surface area contributed by atoms with Gasteiger partial charge in [-0.3, -0.25) is 4.79 Å².